The molecule has 1 aliphatic heterocycles. The highest BCUT2D eigenvalue weighted by Gasteiger charge is 2.72. The van der Waals surface area contributed by atoms with Gasteiger partial charge in [-0.15, -0.1) is 4.31 Å². The molecule has 0 saturated carbocycles. The van der Waals surface area contributed by atoms with Crippen molar-refractivity contribution in [3.05, 3.63) is 135 Å². The zero-order valence-corrected chi connectivity index (χ0v) is 26.5. The Morgan fingerprint density at radius 1 is 0.750 bits per heavy atom. The average Bonchev–Trinajstić information content (AvgIpc) is 3.33. The predicted octanol–water partition coefficient (Wildman–Crippen LogP) is 6.33. The van der Waals surface area contributed by atoms with Crippen molar-refractivity contribution in [2.45, 2.75) is 36.1 Å². The van der Waals surface area contributed by atoms with E-state index in [0.717, 1.165) is 29.7 Å². The van der Waals surface area contributed by atoms with Gasteiger partial charge in [0.2, 0.25) is 10.0 Å². The molecule has 44 heavy (non-hydrogen) atoms. The van der Waals surface area contributed by atoms with E-state index >= 15 is 0 Å². The van der Waals surface area contributed by atoms with Crippen LogP contribution in [0.1, 0.15) is 34.5 Å². The van der Waals surface area contributed by atoms with Crippen LogP contribution < -0.4 is 0 Å². The van der Waals surface area contributed by atoms with Crippen LogP contribution in [0.4, 0.5) is 0 Å². The monoisotopic (exact) mass is 652 g/mol. The van der Waals surface area contributed by atoms with E-state index < -0.39 is 39.7 Å². The Morgan fingerprint density at radius 3 is 1.75 bits per heavy atom. The van der Waals surface area contributed by atoms with Crippen molar-refractivity contribution < 1.29 is 27.5 Å². The van der Waals surface area contributed by atoms with Crippen LogP contribution >= 0.6 is 23.2 Å². The normalized spacial score (nSPS) is 18.6. The summed E-state index contributed by atoms with van der Waals surface area (Å²) >= 11 is 12.5. The summed E-state index contributed by atoms with van der Waals surface area (Å²) in [4.78, 5) is 30.2. The molecule has 5 rings (SSSR count). The molecule has 1 heterocycles. The molecule has 4 aromatic rings. The summed E-state index contributed by atoms with van der Waals surface area (Å²) in [6.45, 7) is 1.96. The van der Waals surface area contributed by atoms with E-state index in [0.29, 0.717) is 21.2 Å². The third kappa shape index (κ3) is 5.50. The van der Waals surface area contributed by atoms with E-state index in [9.17, 15) is 18.0 Å². The number of rotatable bonds is 8. The van der Waals surface area contributed by atoms with Gasteiger partial charge in [-0.1, -0.05) is 95.5 Å². The Hall–Kier alpha value is -3.73. The summed E-state index contributed by atoms with van der Waals surface area (Å²) in [5, 5.41) is 0.845. The summed E-state index contributed by atoms with van der Waals surface area (Å²) in [6.07, 6.45) is -1.20. The molecular weight excluding hydrogens is 623 g/mol. The molecule has 0 bridgehead atoms. The number of halogens is 2. The quantitative estimate of drug-likeness (QED) is 0.162. The standard InChI is InChI=1S/C33H30Cl2N2O6S/c1-22-9-19-28(20-10-22)44(40,41)37-30(25-13-17-27(35)18-14-25)36(21-23-7-5-4-6-8-23)29(24-11-15-26(34)16-12-24)33(37,31(38)42-2)32(39)43-3/h4-20,29-30H,21H2,1-3H3/t29-,30+/m1/s1. The van der Waals surface area contributed by atoms with Crippen LogP contribution in [0.5, 0.6) is 0 Å². The SMILES string of the molecule is COC(=O)C1(C(=O)OC)[C@@H](c2ccc(Cl)cc2)N(Cc2ccccc2)[C@H](c2ccc(Cl)cc2)N1S(=O)(=O)c1ccc(C)cc1. The fraction of sp³-hybridized carbons (Fsp3) is 0.212. The van der Waals surface area contributed by atoms with Crippen LogP contribution in [0, 0.1) is 6.92 Å². The van der Waals surface area contributed by atoms with Crippen molar-refractivity contribution in [1.29, 1.82) is 0 Å². The van der Waals surface area contributed by atoms with Crippen LogP contribution in [0.25, 0.3) is 0 Å². The van der Waals surface area contributed by atoms with Crippen LogP contribution in [-0.4, -0.2) is 49.3 Å². The van der Waals surface area contributed by atoms with Gasteiger partial charge in [-0.05, 0) is 60.0 Å². The van der Waals surface area contributed by atoms with Crippen molar-refractivity contribution in [3.8, 4) is 0 Å². The van der Waals surface area contributed by atoms with E-state index in [2.05, 4.69) is 0 Å². The van der Waals surface area contributed by atoms with Gasteiger partial charge in [0.1, 0.15) is 6.17 Å². The van der Waals surface area contributed by atoms with Crippen LogP contribution in [0.15, 0.2) is 108 Å². The van der Waals surface area contributed by atoms with Crippen molar-refractivity contribution in [3.63, 3.8) is 0 Å². The highest BCUT2D eigenvalue weighted by molar-refractivity contribution is 7.89. The Kier molecular flexibility index (Phi) is 9.15. The number of sulfonamides is 1. The second-order valence-electron chi connectivity index (χ2n) is 10.4. The summed E-state index contributed by atoms with van der Waals surface area (Å²) in [5.41, 5.74) is 0.0247. The topological polar surface area (TPSA) is 93.2 Å². The van der Waals surface area contributed by atoms with Gasteiger partial charge in [-0.3, -0.25) is 4.90 Å². The number of carbonyl (C=O) groups is 2. The second-order valence-corrected chi connectivity index (χ2v) is 13.1. The van der Waals surface area contributed by atoms with Gasteiger partial charge in [0.25, 0.3) is 5.54 Å². The van der Waals surface area contributed by atoms with Crippen molar-refractivity contribution >= 4 is 45.2 Å². The first-order valence-corrected chi connectivity index (χ1v) is 15.8. The lowest BCUT2D eigenvalue weighted by Crippen LogP contribution is -2.62. The first-order valence-electron chi connectivity index (χ1n) is 13.6. The molecule has 1 aliphatic rings. The fourth-order valence-corrected chi connectivity index (χ4v) is 7.88. The van der Waals surface area contributed by atoms with Gasteiger partial charge >= 0.3 is 11.9 Å². The zero-order chi connectivity index (χ0) is 31.6. The number of methoxy groups -OCH3 is 2. The van der Waals surface area contributed by atoms with Gasteiger partial charge in [-0.25, -0.2) is 18.0 Å². The van der Waals surface area contributed by atoms with Gasteiger partial charge < -0.3 is 9.47 Å². The number of esters is 2. The molecule has 8 nitrogen and oxygen atoms in total. The number of hydrogen-bond acceptors (Lipinski definition) is 7. The van der Waals surface area contributed by atoms with Crippen molar-refractivity contribution in [1.82, 2.24) is 9.21 Å². The Labute approximate surface area is 266 Å². The molecule has 2 atom stereocenters. The number of aryl methyl sites for hydroxylation is 1. The minimum Gasteiger partial charge on any atom is -0.467 e. The molecule has 1 fully saturated rings. The highest BCUT2D eigenvalue weighted by atomic mass is 35.5. The number of ether oxygens (including phenoxy) is 2. The molecule has 0 N–H and O–H groups in total. The number of nitrogens with zero attached hydrogens (tertiary/aromatic N) is 2. The number of carbonyl (C=O) groups excluding carboxylic acids is 2. The van der Waals surface area contributed by atoms with Gasteiger partial charge in [0.15, 0.2) is 0 Å². The maximum atomic E-state index is 14.9. The first kappa shape index (κ1) is 31.7. The van der Waals surface area contributed by atoms with Crippen molar-refractivity contribution in [2.75, 3.05) is 14.2 Å². The summed E-state index contributed by atoms with van der Waals surface area (Å²) in [5.74, 6) is -2.20. The lowest BCUT2D eigenvalue weighted by molar-refractivity contribution is -0.168. The lowest BCUT2D eigenvalue weighted by atomic mass is 9.85. The van der Waals surface area contributed by atoms with Crippen LogP contribution in [0.3, 0.4) is 0 Å². The second kappa shape index (κ2) is 12.7. The van der Waals surface area contributed by atoms with Crippen LogP contribution in [-0.2, 0) is 35.6 Å². The molecule has 11 heteroatoms. The summed E-state index contributed by atoms with van der Waals surface area (Å²) in [6, 6.07) is 27.5. The summed E-state index contributed by atoms with van der Waals surface area (Å²) in [7, 11) is -2.40. The van der Waals surface area contributed by atoms with Gasteiger partial charge in [-0.2, -0.15) is 0 Å². The van der Waals surface area contributed by atoms with Crippen LogP contribution in [0.2, 0.25) is 10.0 Å². The third-order valence-corrected chi connectivity index (χ3v) is 10.1. The molecule has 4 aromatic carbocycles. The van der Waals surface area contributed by atoms with Crippen molar-refractivity contribution in [2.24, 2.45) is 0 Å². The largest absolute Gasteiger partial charge is 0.467 e. The van der Waals surface area contributed by atoms with E-state index in [1.54, 1.807) is 65.6 Å². The molecule has 0 aromatic heterocycles. The van der Waals surface area contributed by atoms with E-state index in [1.807, 2.05) is 37.3 Å². The molecule has 0 radical (unpaired) electrons. The molecule has 1 saturated heterocycles. The van der Waals surface area contributed by atoms with E-state index in [4.69, 9.17) is 32.7 Å². The Balaban J connectivity index is 1.93. The van der Waals surface area contributed by atoms with E-state index in [1.165, 1.54) is 12.1 Å². The Bertz CT molecular complexity index is 1730. The zero-order valence-electron chi connectivity index (χ0n) is 24.2. The number of hydrogen-bond donors (Lipinski definition) is 0. The Morgan fingerprint density at radius 2 is 1.25 bits per heavy atom. The highest BCUT2D eigenvalue weighted by Crippen LogP contribution is 2.56. The molecule has 0 unspecified atom stereocenters. The minimum atomic E-state index is -4.62. The lowest BCUT2D eigenvalue weighted by Gasteiger charge is -2.36. The molecule has 0 aliphatic carbocycles. The average molecular weight is 654 g/mol. The molecule has 0 amide bonds. The third-order valence-electron chi connectivity index (χ3n) is 7.74. The summed E-state index contributed by atoms with van der Waals surface area (Å²) < 4.78 is 41.4. The number of benzene rings is 4. The maximum Gasteiger partial charge on any atom is 0.341 e. The first-order chi connectivity index (χ1) is 21.0. The van der Waals surface area contributed by atoms with E-state index in [-0.39, 0.29) is 11.4 Å². The molecular formula is C33H30Cl2N2O6S. The maximum absolute atomic E-state index is 14.9. The van der Waals surface area contributed by atoms with Gasteiger partial charge in [0, 0.05) is 16.6 Å². The minimum absolute atomic E-state index is 0.115. The predicted molar refractivity (Wildman–Crippen MR) is 167 cm³/mol. The fourth-order valence-electron chi connectivity index (χ4n) is 5.78. The van der Waals surface area contributed by atoms with Gasteiger partial charge in [0.05, 0.1) is 25.2 Å². The molecule has 228 valence electrons. The smallest absolute Gasteiger partial charge is 0.341 e. The molecule has 0 spiro atoms.